The molecule has 2 atom stereocenters. The molecule has 0 saturated carbocycles. The summed E-state index contributed by atoms with van der Waals surface area (Å²) in [4.78, 5) is 43.7. The van der Waals surface area contributed by atoms with Gasteiger partial charge in [0.2, 0.25) is 11.8 Å². The largest absolute Gasteiger partial charge is 0.416 e. The predicted octanol–water partition coefficient (Wildman–Crippen LogP) is 3.89. The van der Waals surface area contributed by atoms with Crippen molar-refractivity contribution >= 4 is 17.8 Å². The second-order valence-corrected chi connectivity index (χ2v) is 10.2. The number of carbonyl (C=O) groups excluding carboxylic acids is 3. The molecule has 4 amide bonds. The van der Waals surface area contributed by atoms with Crippen LogP contribution in [-0.4, -0.2) is 70.0 Å². The molecule has 0 unspecified atom stereocenters. The average molecular weight is 566 g/mol. The van der Waals surface area contributed by atoms with Crippen molar-refractivity contribution in [2.75, 3.05) is 20.1 Å². The summed E-state index contributed by atoms with van der Waals surface area (Å²) in [6.45, 7) is -0.0164. The van der Waals surface area contributed by atoms with Crippen molar-refractivity contribution in [1.29, 1.82) is 0 Å². The van der Waals surface area contributed by atoms with Gasteiger partial charge < -0.3 is 15.1 Å². The number of alkyl halides is 3. The third-order valence-corrected chi connectivity index (χ3v) is 7.33. The van der Waals surface area contributed by atoms with Crippen LogP contribution >= 0.6 is 0 Å². The summed E-state index contributed by atoms with van der Waals surface area (Å²) in [7, 11) is 1.62. The Bertz CT molecular complexity index is 1400. The first kappa shape index (κ1) is 28.2. The number of fused-ring (bicyclic) bond motifs is 1. The Balaban J connectivity index is 1.46. The van der Waals surface area contributed by atoms with Crippen LogP contribution in [0.1, 0.15) is 22.3 Å². The normalized spacial score (nSPS) is 19.8. The van der Waals surface area contributed by atoms with Gasteiger partial charge in [0.25, 0.3) is 0 Å². The van der Waals surface area contributed by atoms with Gasteiger partial charge in [-0.05, 0) is 28.8 Å². The Kier molecular flexibility index (Phi) is 7.98. The number of urea groups is 1. The highest BCUT2D eigenvalue weighted by molar-refractivity contribution is 5.91. The van der Waals surface area contributed by atoms with Gasteiger partial charge in [-0.25, -0.2) is 14.8 Å². The van der Waals surface area contributed by atoms with Crippen LogP contribution in [0.15, 0.2) is 84.9 Å². The van der Waals surface area contributed by atoms with Gasteiger partial charge in [0, 0.05) is 26.6 Å². The molecule has 11 heteroatoms. The fourth-order valence-corrected chi connectivity index (χ4v) is 5.41. The van der Waals surface area contributed by atoms with Crippen LogP contribution in [0, 0.1) is 0 Å². The highest BCUT2D eigenvalue weighted by atomic mass is 19.4. The predicted molar refractivity (Wildman–Crippen MR) is 145 cm³/mol. The molecular weight excluding hydrogens is 535 g/mol. The molecule has 2 saturated heterocycles. The van der Waals surface area contributed by atoms with E-state index >= 15 is 0 Å². The zero-order chi connectivity index (χ0) is 29.1. The van der Waals surface area contributed by atoms with Gasteiger partial charge in [-0.15, -0.1) is 0 Å². The van der Waals surface area contributed by atoms with Crippen molar-refractivity contribution in [3.8, 4) is 0 Å². The summed E-state index contributed by atoms with van der Waals surface area (Å²) in [5.74, 6) is -0.692. The molecule has 2 fully saturated rings. The maximum atomic E-state index is 13.9. The third kappa shape index (κ3) is 6.19. The number of hydrogen-bond acceptors (Lipinski definition) is 4. The smallest absolute Gasteiger partial charge is 0.333 e. The summed E-state index contributed by atoms with van der Waals surface area (Å²) in [5, 5.41) is 5.83. The molecule has 0 spiro atoms. The van der Waals surface area contributed by atoms with Gasteiger partial charge in [0.15, 0.2) is 0 Å². The van der Waals surface area contributed by atoms with E-state index in [1.807, 2.05) is 60.7 Å². The molecule has 0 aliphatic carbocycles. The number of carbonyl (C=O) groups is 3. The lowest BCUT2D eigenvalue weighted by atomic mass is 9.98. The monoisotopic (exact) mass is 565 g/mol. The quantitative estimate of drug-likeness (QED) is 0.492. The highest BCUT2D eigenvalue weighted by Gasteiger charge is 2.50. The minimum absolute atomic E-state index is 0.0603. The van der Waals surface area contributed by atoms with Gasteiger partial charge in [-0.1, -0.05) is 72.8 Å². The number of amides is 4. The van der Waals surface area contributed by atoms with E-state index in [1.165, 1.54) is 32.0 Å². The number of piperazine rings is 1. The van der Waals surface area contributed by atoms with Gasteiger partial charge in [-0.3, -0.25) is 9.59 Å². The SMILES string of the molecule is CN1CC(=O)N2[C@@H](Cc3ccccc3)C(=O)N(Cc3cccc(C(F)(F)F)c3)C[C@@H]2N1C(=O)NCc1ccccc1. The summed E-state index contributed by atoms with van der Waals surface area (Å²) >= 11 is 0. The summed E-state index contributed by atoms with van der Waals surface area (Å²) in [6.07, 6.45) is -5.18. The Morgan fingerprint density at radius 1 is 0.902 bits per heavy atom. The van der Waals surface area contributed by atoms with E-state index < -0.39 is 30.0 Å². The van der Waals surface area contributed by atoms with Crippen LogP contribution in [0.2, 0.25) is 0 Å². The van der Waals surface area contributed by atoms with Crippen molar-refractivity contribution in [2.45, 2.75) is 37.9 Å². The molecule has 3 aromatic carbocycles. The van der Waals surface area contributed by atoms with Crippen molar-refractivity contribution in [3.63, 3.8) is 0 Å². The number of likely N-dealkylation sites (N-methyl/N-ethyl adjacent to an activating group) is 1. The van der Waals surface area contributed by atoms with E-state index in [-0.39, 0.29) is 44.4 Å². The molecule has 0 bridgehead atoms. The lowest BCUT2D eigenvalue weighted by Crippen LogP contribution is -2.76. The first-order chi connectivity index (χ1) is 19.6. The van der Waals surface area contributed by atoms with Gasteiger partial charge in [-0.2, -0.15) is 13.2 Å². The fourth-order valence-electron chi connectivity index (χ4n) is 5.41. The third-order valence-electron chi connectivity index (χ3n) is 7.33. The zero-order valence-corrected chi connectivity index (χ0v) is 22.4. The standard InChI is InChI=1S/C30H30F3N5O3/c1-35-20-27(39)37-25(16-21-9-4-2-5-10-21)28(40)36(18-23-13-8-14-24(15-23)30(31,32)33)19-26(37)38(35)29(41)34-17-22-11-6-3-7-12-22/h2-15,25-26H,16-20H2,1H3,(H,34,41)/t25-,26-/m0/s1. The van der Waals surface area contributed by atoms with E-state index in [0.29, 0.717) is 5.56 Å². The number of benzene rings is 3. The Morgan fingerprint density at radius 3 is 2.20 bits per heavy atom. The van der Waals surface area contributed by atoms with Gasteiger partial charge in [0.1, 0.15) is 12.2 Å². The lowest BCUT2D eigenvalue weighted by Gasteiger charge is -2.54. The number of nitrogens with zero attached hydrogens (tertiary/aromatic N) is 4. The van der Waals surface area contributed by atoms with Crippen LogP contribution in [0.3, 0.4) is 0 Å². The maximum absolute atomic E-state index is 13.9. The van der Waals surface area contributed by atoms with Crippen molar-refractivity contribution < 1.29 is 27.6 Å². The molecule has 2 aliphatic heterocycles. The number of hydrogen-bond donors (Lipinski definition) is 1. The Morgan fingerprint density at radius 2 is 1.54 bits per heavy atom. The van der Waals surface area contributed by atoms with Crippen molar-refractivity contribution in [3.05, 3.63) is 107 Å². The first-order valence-electron chi connectivity index (χ1n) is 13.2. The molecule has 1 N–H and O–H groups in total. The Labute approximate surface area is 235 Å². The molecule has 41 heavy (non-hydrogen) atoms. The van der Waals surface area contributed by atoms with Crippen molar-refractivity contribution in [2.24, 2.45) is 0 Å². The zero-order valence-electron chi connectivity index (χ0n) is 22.4. The molecule has 2 heterocycles. The number of rotatable bonds is 6. The van der Waals surface area contributed by atoms with E-state index in [2.05, 4.69) is 5.32 Å². The fraction of sp³-hybridized carbons (Fsp3) is 0.300. The van der Waals surface area contributed by atoms with E-state index in [1.54, 1.807) is 7.05 Å². The van der Waals surface area contributed by atoms with E-state index in [9.17, 15) is 27.6 Å². The molecule has 0 aromatic heterocycles. The Hall–Kier alpha value is -4.38. The molecule has 214 valence electrons. The van der Waals surface area contributed by atoms with E-state index in [4.69, 9.17) is 0 Å². The molecular formula is C30H30F3N5O3. The lowest BCUT2D eigenvalue weighted by molar-refractivity contribution is -0.187. The minimum Gasteiger partial charge on any atom is -0.333 e. The van der Waals surface area contributed by atoms with Crippen LogP contribution in [0.4, 0.5) is 18.0 Å². The topological polar surface area (TPSA) is 76.2 Å². The van der Waals surface area contributed by atoms with Crippen molar-refractivity contribution in [1.82, 2.24) is 25.1 Å². The average Bonchev–Trinajstić information content (AvgIpc) is 2.95. The summed E-state index contributed by atoms with van der Waals surface area (Å²) < 4.78 is 40.2. The van der Waals surface area contributed by atoms with Gasteiger partial charge in [0.05, 0.1) is 18.7 Å². The second kappa shape index (κ2) is 11.6. The van der Waals surface area contributed by atoms with Gasteiger partial charge >= 0.3 is 12.2 Å². The number of halogens is 3. The minimum atomic E-state index is -4.53. The van der Waals surface area contributed by atoms with Crippen LogP contribution in [-0.2, 0) is 35.3 Å². The molecule has 2 aliphatic rings. The number of nitrogens with one attached hydrogen (secondary N) is 1. The number of hydrazine groups is 1. The molecule has 3 aromatic rings. The van der Waals surface area contributed by atoms with Crippen LogP contribution < -0.4 is 5.32 Å². The van der Waals surface area contributed by atoms with Crippen LogP contribution in [0.25, 0.3) is 0 Å². The maximum Gasteiger partial charge on any atom is 0.416 e. The molecule has 8 nitrogen and oxygen atoms in total. The van der Waals surface area contributed by atoms with Crippen LogP contribution in [0.5, 0.6) is 0 Å². The second-order valence-electron chi connectivity index (χ2n) is 10.2. The summed E-state index contributed by atoms with van der Waals surface area (Å²) in [5.41, 5.74) is 1.20. The molecule has 0 radical (unpaired) electrons. The summed E-state index contributed by atoms with van der Waals surface area (Å²) in [6, 6.07) is 22.0. The first-order valence-corrected chi connectivity index (χ1v) is 13.2. The van der Waals surface area contributed by atoms with E-state index in [0.717, 1.165) is 23.3 Å². The molecule has 5 rings (SSSR count). The highest BCUT2D eigenvalue weighted by Crippen LogP contribution is 2.32.